The average molecular weight is 440 g/mol. The Morgan fingerprint density at radius 1 is 1.03 bits per heavy atom. The van der Waals surface area contributed by atoms with Gasteiger partial charge in [-0.1, -0.05) is 35.5 Å². The van der Waals surface area contributed by atoms with Gasteiger partial charge < -0.3 is 4.98 Å². The number of aromatic nitrogens is 5. The van der Waals surface area contributed by atoms with Gasteiger partial charge in [0.15, 0.2) is 0 Å². The molecule has 33 heavy (non-hydrogen) atoms. The molecule has 162 valence electrons. The van der Waals surface area contributed by atoms with Crippen molar-refractivity contribution in [2.45, 2.75) is 12.7 Å². The van der Waals surface area contributed by atoms with E-state index in [9.17, 15) is 9.18 Å². The number of nitrogens with one attached hydrogen (secondary N) is 2. The fourth-order valence-corrected chi connectivity index (χ4v) is 4.09. The number of imidazole rings is 1. The number of halogens is 1. The summed E-state index contributed by atoms with van der Waals surface area (Å²) in [6, 6.07) is 18.1. The fourth-order valence-electron chi connectivity index (χ4n) is 4.09. The Hall–Kier alpha value is -4.60. The number of rotatable bonds is 4. The monoisotopic (exact) mass is 440 g/mol. The molecule has 2 N–H and O–H groups in total. The molecule has 6 rings (SSSR count). The van der Waals surface area contributed by atoms with Crippen molar-refractivity contribution in [1.29, 1.82) is 0 Å². The second kappa shape index (κ2) is 7.52. The van der Waals surface area contributed by atoms with Gasteiger partial charge in [-0.3, -0.25) is 10.2 Å². The predicted octanol–water partition coefficient (Wildman–Crippen LogP) is 3.77. The lowest BCUT2D eigenvalue weighted by atomic mass is 10.0. The number of anilines is 1. The smallest absolute Gasteiger partial charge is 0.328 e. The maximum atomic E-state index is 14.9. The first kappa shape index (κ1) is 19.1. The number of nitrogens with zero attached hydrogens (tertiary/aromatic N) is 6. The Balaban J connectivity index is 1.44. The van der Waals surface area contributed by atoms with E-state index in [4.69, 9.17) is 0 Å². The van der Waals surface area contributed by atoms with E-state index < -0.39 is 17.9 Å². The molecule has 0 aliphatic carbocycles. The minimum Gasteiger partial charge on any atom is -0.345 e. The van der Waals surface area contributed by atoms with Gasteiger partial charge in [0.2, 0.25) is 0 Å². The third-order valence-electron chi connectivity index (χ3n) is 5.65. The van der Waals surface area contributed by atoms with Crippen molar-refractivity contribution in [1.82, 2.24) is 30.3 Å². The van der Waals surface area contributed by atoms with Gasteiger partial charge >= 0.3 is 6.03 Å². The lowest BCUT2D eigenvalue weighted by Gasteiger charge is -2.23. The summed E-state index contributed by atoms with van der Waals surface area (Å²) >= 11 is 0. The Kier molecular flexibility index (Phi) is 4.35. The molecule has 1 aliphatic heterocycles. The Bertz CT molecular complexity index is 1540. The first-order valence-corrected chi connectivity index (χ1v) is 10.3. The van der Waals surface area contributed by atoms with Crippen molar-refractivity contribution < 1.29 is 9.18 Å². The first-order valence-electron chi connectivity index (χ1n) is 10.3. The van der Waals surface area contributed by atoms with Crippen LogP contribution in [0.2, 0.25) is 0 Å². The zero-order valence-corrected chi connectivity index (χ0v) is 17.2. The summed E-state index contributed by atoms with van der Waals surface area (Å²) in [4.78, 5) is 26.5. The number of benzene rings is 3. The number of amidine groups is 1. The molecule has 1 fully saturated rings. The number of carbonyl (C=O) groups is 1. The molecule has 5 aromatic rings. The van der Waals surface area contributed by atoms with Crippen LogP contribution < -0.4 is 10.2 Å². The number of amides is 2. The van der Waals surface area contributed by atoms with E-state index in [1.54, 1.807) is 35.3 Å². The average Bonchev–Trinajstić information content (AvgIpc) is 3.54. The number of fused-ring (bicyclic) bond motifs is 2. The van der Waals surface area contributed by atoms with Crippen molar-refractivity contribution in [3.63, 3.8) is 0 Å². The van der Waals surface area contributed by atoms with Crippen LogP contribution in [0.25, 0.3) is 22.1 Å². The SMILES string of the molecule is O=C1NC(=NCn2nnc3ccccc32)C(c2ccccc2F)N1c1ccc2nc[nH]c2c1. The summed E-state index contributed by atoms with van der Waals surface area (Å²) in [5.74, 6) is -0.0973. The standard InChI is InChI=1S/C23H17FN8O/c24-16-6-2-1-5-15(16)21-22(27-13-31-20-8-4-3-7-18(20)29-30-31)28-23(33)32(21)14-9-10-17-19(11-14)26-12-25-17/h1-12,21H,13H2,(H,25,26)(H,27,28,33). The summed E-state index contributed by atoms with van der Waals surface area (Å²) < 4.78 is 16.5. The highest BCUT2D eigenvalue weighted by atomic mass is 19.1. The molecule has 1 saturated heterocycles. The lowest BCUT2D eigenvalue weighted by Crippen LogP contribution is -2.30. The summed E-state index contributed by atoms with van der Waals surface area (Å²) in [5.41, 5.74) is 4.03. The summed E-state index contributed by atoms with van der Waals surface area (Å²) in [5, 5.41) is 11.1. The van der Waals surface area contributed by atoms with Crippen LogP contribution in [-0.4, -0.2) is 36.8 Å². The van der Waals surface area contributed by atoms with Gasteiger partial charge in [-0.15, -0.1) is 5.10 Å². The van der Waals surface area contributed by atoms with E-state index in [-0.39, 0.29) is 6.67 Å². The number of aliphatic imine (C=N–C) groups is 1. The van der Waals surface area contributed by atoms with Gasteiger partial charge in [0.1, 0.15) is 29.9 Å². The third kappa shape index (κ3) is 3.19. The molecule has 3 heterocycles. The number of H-pyrrole nitrogens is 1. The molecule has 3 aromatic carbocycles. The number of carbonyl (C=O) groups excluding carboxylic acids is 1. The third-order valence-corrected chi connectivity index (χ3v) is 5.65. The number of aromatic amines is 1. The van der Waals surface area contributed by atoms with Crippen LogP contribution in [0.5, 0.6) is 0 Å². The van der Waals surface area contributed by atoms with E-state index >= 15 is 0 Å². The summed E-state index contributed by atoms with van der Waals surface area (Å²) in [7, 11) is 0. The fraction of sp³-hybridized carbons (Fsp3) is 0.0870. The van der Waals surface area contributed by atoms with Crippen molar-refractivity contribution >= 4 is 39.6 Å². The second-order valence-electron chi connectivity index (χ2n) is 7.59. The highest BCUT2D eigenvalue weighted by molar-refractivity contribution is 6.16. The molecule has 1 unspecified atom stereocenters. The van der Waals surface area contributed by atoms with Gasteiger partial charge in [0.25, 0.3) is 0 Å². The number of para-hydroxylation sites is 1. The highest BCUT2D eigenvalue weighted by Crippen LogP contribution is 2.34. The van der Waals surface area contributed by atoms with Crippen molar-refractivity contribution in [2.24, 2.45) is 4.99 Å². The molecule has 0 saturated carbocycles. The first-order chi connectivity index (χ1) is 16.2. The van der Waals surface area contributed by atoms with E-state index in [1.165, 1.54) is 11.0 Å². The number of urea groups is 1. The predicted molar refractivity (Wildman–Crippen MR) is 121 cm³/mol. The van der Waals surface area contributed by atoms with Crippen LogP contribution in [0.4, 0.5) is 14.9 Å². The molecule has 0 bridgehead atoms. The van der Waals surface area contributed by atoms with Crippen molar-refractivity contribution in [3.8, 4) is 0 Å². The van der Waals surface area contributed by atoms with Gasteiger partial charge in [-0.05, 0) is 36.4 Å². The summed E-state index contributed by atoms with van der Waals surface area (Å²) in [6.45, 7) is 0.120. The minimum absolute atomic E-state index is 0.120. The van der Waals surface area contributed by atoms with Gasteiger partial charge in [0.05, 0.1) is 22.9 Å². The highest BCUT2D eigenvalue weighted by Gasteiger charge is 2.40. The van der Waals surface area contributed by atoms with Gasteiger partial charge in [0, 0.05) is 11.3 Å². The van der Waals surface area contributed by atoms with Crippen molar-refractivity contribution in [3.05, 3.63) is 84.4 Å². The number of hydrogen-bond acceptors (Lipinski definition) is 5. The van der Waals surface area contributed by atoms with E-state index in [2.05, 4.69) is 30.6 Å². The molecule has 2 amide bonds. The molecule has 1 atom stereocenters. The van der Waals surface area contributed by atoms with Crippen LogP contribution >= 0.6 is 0 Å². The largest absolute Gasteiger partial charge is 0.345 e. The molecular formula is C23H17FN8O. The minimum atomic E-state index is -0.770. The van der Waals surface area contributed by atoms with Gasteiger partial charge in [-0.25, -0.2) is 23.8 Å². The molecular weight excluding hydrogens is 423 g/mol. The topological polar surface area (TPSA) is 104 Å². The van der Waals surface area contributed by atoms with Crippen molar-refractivity contribution in [2.75, 3.05) is 4.90 Å². The summed E-state index contributed by atoms with van der Waals surface area (Å²) in [6.07, 6.45) is 1.59. The molecule has 1 aliphatic rings. The molecule has 10 heteroatoms. The Morgan fingerprint density at radius 2 is 1.88 bits per heavy atom. The Labute approximate surface area is 186 Å². The molecule has 0 radical (unpaired) electrons. The van der Waals surface area contributed by atoms with Crippen LogP contribution in [0.15, 0.2) is 78.0 Å². The van der Waals surface area contributed by atoms with E-state index in [0.717, 1.165) is 22.1 Å². The lowest BCUT2D eigenvalue weighted by molar-refractivity contribution is 0.252. The van der Waals surface area contributed by atoms with Crippen LogP contribution in [0.3, 0.4) is 0 Å². The maximum absolute atomic E-state index is 14.9. The van der Waals surface area contributed by atoms with Gasteiger partial charge in [-0.2, -0.15) is 0 Å². The molecule has 0 spiro atoms. The van der Waals surface area contributed by atoms with Crippen LogP contribution in [0, 0.1) is 5.82 Å². The van der Waals surface area contributed by atoms with Crippen LogP contribution in [0.1, 0.15) is 11.6 Å². The molecule has 2 aromatic heterocycles. The van der Waals surface area contributed by atoms with E-state index in [0.29, 0.717) is 17.1 Å². The Morgan fingerprint density at radius 3 is 2.79 bits per heavy atom. The van der Waals surface area contributed by atoms with E-state index in [1.807, 2.05) is 36.4 Å². The zero-order valence-electron chi connectivity index (χ0n) is 17.2. The maximum Gasteiger partial charge on any atom is 0.328 e. The second-order valence-corrected chi connectivity index (χ2v) is 7.59. The number of hydrogen-bond donors (Lipinski definition) is 2. The zero-order chi connectivity index (χ0) is 22.4. The normalized spacial score (nSPS) is 17.4. The quantitative estimate of drug-likeness (QED) is 0.444. The van der Waals surface area contributed by atoms with Crippen LogP contribution in [-0.2, 0) is 6.67 Å². The molecule has 9 nitrogen and oxygen atoms in total.